The molecule has 1 aromatic rings. The van der Waals surface area contributed by atoms with E-state index in [1.54, 1.807) is 19.2 Å². The Kier molecular flexibility index (Phi) is 5.29. The van der Waals surface area contributed by atoms with Gasteiger partial charge in [0.2, 0.25) is 0 Å². The van der Waals surface area contributed by atoms with Crippen LogP contribution in [0, 0.1) is 0 Å². The lowest BCUT2D eigenvalue weighted by atomic mass is 10.1. The third-order valence-electron chi connectivity index (χ3n) is 2.31. The fourth-order valence-corrected chi connectivity index (χ4v) is 1.67. The van der Waals surface area contributed by atoms with Crippen LogP contribution >= 0.6 is 11.6 Å². The van der Waals surface area contributed by atoms with Crippen LogP contribution in [0.25, 0.3) is 0 Å². The maximum Gasteiger partial charge on any atom is 0.165 e. The van der Waals surface area contributed by atoms with Crippen molar-refractivity contribution in [3.63, 3.8) is 0 Å². The number of para-hydroxylation sites is 1. The third-order valence-corrected chi connectivity index (χ3v) is 2.85. The maximum absolute atomic E-state index is 11.3. The second kappa shape index (κ2) is 6.50. The molecule has 1 unspecified atom stereocenters. The lowest BCUT2D eigenvalue weighted by Crippen LogP contribution is -2.06. The molecule has 3 nitrogen and oxygen atoms in total. The number of benzene rings is 1. The summed E-state index contributed by atoms with van der Waals surface area (Å²) in [5, 5.41) is -0.699. The highest BCUT2D eigenvalue weighted by Crippen LogP contribution is 2.37. The van der Waals surface area contributed by atoms with Gasteiger partial charge < -0.3 is 9.47 Å². The monoisotopic (exact) mass is 256 g/mol. The Labute approximate surface area is 107 Å². The molecule has 0 amide bonds. The van der Waals surface area contributed by atoms with E-state index in [4.69, 9.17) is 21.1 Å². The smallest absolute Gasteiger partial charge is 0.165 e. The molecule has 0 aliphatic rings. The standard InChI is InChI=1S/C13H17ClO3/c1-4-8-17-11-7-5-6-10(13(11)16-3)12(14)9(2)15/h5-7,12H,4,8H2,1-3H3. The molecule has 1 aromatic carbocycles. The van der Waals surface area contributed by atoms with Gasteiger partial charge in [0.15, 0.2) is 17.3 Å². The zero-order chi connectivity index (χ0) is 12.8. The molecule has 0 saturated carbocycles. The second-order valence-corrected chi connectivity index (χ2v) is 4.14. The van der Waals surface area contributed by atoms with Crippen LogP contribution in [0.15, 0.2) is 18.2 Å². The van der Waals surface area contributed by atoms with Gasteiger partial charge in [0.05, 0.1) is 13.7 Å². The summed E-state index contributed by atoms with van der Waals surface area (Å²) in [6.07, 6.45) is 0.907. The Morgan fingerprint density at radius 2 is 2.18 bits per heavy atom. The number of Topliss-reactive ketones (excluding diaryl/α,β-unsaturated/α-hetero) is 1. The Morgan fingerprint density at radius 3 is 2.71 bits per heavy atom. The first-order chi connectivity index (χ1) is 8.11. The van der Waals surface area contributed by atoms with E-state index in [1.165, 1.54) is 6.92 Å². The van der Waals surface area contributed by atoms with Gasteiger partial charge in [-0.1, -0.05) is 19.1 Å². The molecule has 17 heavy (non-hydrogen) atoms. The molecular weight excluding hydrogens is 240 g/mol. The highest BCUT2D eigenvalue weighted by atomic mass is 35.5. The zero-order valence-corrected chi connectivity index (χ0v) is 11.1. The largest absolute Gasteiger partial charge is 0.493 e. The number of carbonyl (C=O) groups is 1. The summed E-state index contributed by atoms with van der Waals surface area (Å²) in [6, 6.07) is 5.39. The molecule has 0 spiro atoms. The molecule has 1 atom stereocenters. The average molecular weight is 257 g/mol. The van der Waals surface area contributed by atoms with Crippen molar-refractivity contribution < 1.29 is 14.3 Å². The molecule has 0 N–H and O–H groups in total. The van der Waals surface area contributed by atoms with E-state index in [-0.39, 0.29) is 5.78 Å². The fourth-order valence-electron chi connectivity index (χ4n) is 1.50. The molecule has 0 heterocycles. The minimum atomic E-state index is -0.699. The molecule has 0 radical (unpaired) electrons. The van der Waals surface area contributed by atoms with Gasteiger partial charge in [-0.2, -0.15) is 0 Å². The minimum Gasteiger partial charge on any atom is -0.493 e. The SMILES string of the molecule is CCCOc1cccc(C(Cl)C(C)=O)c1OC. The van der Waals surface area contributed by atoms with Crippen LogP contribution in [0.3, 0.4) is 0 Å². The predicted molar refractivity (Wildman–Crippen MR) is 68.1 cm³/mol. The van der Waals surface area contributed by atoms with Gasteiger partial charge >= 0.3 is 0 Å². The number of carbonyl (C=O) groups excluding carboxylic acids is 1. The topological polar surface area (TPSA) is 35.5 Å². The van der Waals surface area contributed by atoms with Crippen molar-refractivity contribution in [1.29, 1.82) is 0 Å². The van der Waals surface area contributed by atoms with Crippen LogP contribution in [0.2, 0.25) is 0 Å². The molecule has 94 valence electrons. The number of ketones is 1. The molecule has 0 aliphatic heterocycles. The Hall–Kier alpha value is -1.22. The molecular formula is C13H17ClO3. The molecule has 4 heteroatoms. The van der Waals surface area contributed by atoms with Gasteiger partial charge in [-0.25, -0.2) is 0 Å². The summed E-state index contributed by atoms with van der Waals surface area (Å²) in [7, 11) is 1.54. The number of alkyl halides is 1. The summed E-state index contributed by atoms with van der Waals surface area (Å²) in [6.45, 7) is 4.08. The van der Waals surface area contributed by atoms with Crippen LogP contribution in [0.5, 0.6) is 11.5 Å². The minimum absolute atomic E-state index is 0.113. The van der Waals surface area contributed by atoms with Gasteiger partial charge in [-0.15, -0.1) is 11.6 Å². The fraction of sp³-hybridized carbons (Fsp3) is 0.462. The van der Waals surface area contributed by atoms with E-state index >= 15 is 0 Å². The number of rotatable bonds is 6. The highest BCUT2D eigenvalue weighted by molar-refractivity contribution is 6.31. The van der Waals surface area contributed by atoms with E-state index < -0.39 is 5.38 Å². The van der Waals surface area contributed by atoms with Crippen molar-refractivity contribution in [3.8, 4) is 11.5 Å². The van der Waals surface area contributed by atoms with Gasteiger partial charge in [-0.05, 0) is 19.4 Å². The first-order valence-corrected chi connectivity index (χ1v) is 5.99. The van der Waals surface area contributed by atoms with Crippen molar-refractivity contribution in [1.82, 2.24) is 0 Å². The summed E-state index contributed by atoms with van der Waals surface area (Å²) < 4.78 is 10.8. The Morgan fingerprint density at radius 1 is 1.47 bits per heavy atom. The van der Waals surface area contributed by atoms with Crippen molar-refractivity contribution >= 4 is 17.4 Å². The van der Waals surface area contributed by atoms with Gasteiger partial charge in [-0.3, -0.25) is 4.79 Å². The van der Waals surface area contributed by atoms with Crippen LogP contribution in [0.4, 0.5) is 0 Å². The number of hydrogen-bond acceptors (Lipinski definition) is 3. The first kappa shape index (κ1) is 13.8. The van der Waals surface area contributed by atoms with Crippen LogP contribution in [-0.4, -0.2) is 19.5 Å². The molecule has 0 aromatic heterocycles. The lowest BCUT2D eigenvalue weighted by Gasteiger charge is -2.15. The van der Waals surface area contributed by atoms with E-state index in [9.17, 15) is 4.79 Å². The van der Waals surface area contributed by atoms with Gasteiger partial charge in [0.25, 0.3) is 0 Å². The number of hydrogen-bond donors (Lipinski definition) is 0. The Balaban J connectivity index is 3.09. The van der Waals surface area contributed by atoms with Crippen molar-refractivity contribution in [2.75, 3.05) is 13.7 Å². The zero-order valence-electron chi connectivity index (χ0n) is 10.3. The summed E-state index contributed by atoms with van der Waals surface area (Å²) in [5.74, 6) is 1.05. The van der Waals surface area contributed by atoms with Crippen LogP contribution in [-0.2, 0) is 4.79 Å². The van der Waals surface area contributed by atoms with E-state index in [0.29, 0.717) is 23.7 Å². The van der Waals surface area contributed by atoms with E-state index in [0.717, 1.165) is 6.42 Å². The number of ether oxygens (including phenoxy) is 2. The summed E-state index contributed by atoms with van der Waals surface area (Å²) >= 11 is 6.05. The molecule has 0 aliphatic carbocycles. The van der Waals surface area contributed by atoms with Crippen molar-refractivity contribution in [2.24, 2.45) is 0 Å². The summed E-state index contributed by atoms with van der Waals surface area (Å²) in [5.41, 5.74) is 0.648. The molecule has 1 rings (SSSR count). The number of methoxy groups -OCH3 is 1. The maximum atomic E-state index is 11.3. The first-order valence-electron chi connectivity index (χ1n) is 5.56. The van der Waals surface area contributed by atoms with Gasteiger partial charge in [0, 0.05) is 5.56 Å². The highest BCUT2D eigenvalue weighted by Gasteiger charge is 2.20. The van der Waals surface area contributed by atoms with E-state index in [1.807, 2.05) is 13.0 Å². The Bertz CT molecular complexity index is 390. The molecule has 0 bridgehead atoms. The van der Waals surface area contributed by atoms with Crippen LogP contribution < -0.4 is 9.47 Å². The molecule has 0 fully saturated rings. The van der Waals surface area contributed by atoms with Crippen molar-refractivity contribution in [3.05, 3.63) is 23.8 Å². The quantitative estimate of drug-likeness (QED) is 0.732. The number of halogens is 1. The van der Waals surface area contributed by atoms with Gasteiger partial charge in [0.1, 0.15) is 5.38 Å². The van der Waals surface area contributed by atoms with Crippen molar-refractivity contribution in [2.45, 2.75) is 25.6 Å². The van der Waals surface area contributed by atoms with E-state index in [2.05, 4.69) is 0 Å². The lowest BCUT2D eigenvalue weighted by molar-refractivity contribution is -0.116. The molecule has 0 saturated heterocycles. The van der Waals surface area contributed by atoms with Crippen LogP contribution in [0.1, 0.15) is 31.2 Å². The predicted octanol–water partition coefficient (Wildman–Crippen LogP) is 3.35. The third kappa shape index (κ3) is 3.37. The average Bonchev–Trinajstić information content (AvgIpc) is 2.34. The normalized spacial score (nSPS) is 12.0. The second-order valence-electron chi connectivity index (χ2n) is 3.70. The summed E-state index contributed by atoms with van der Waals surface area (Å²) in [4.78, 5) is 11.3.